The number of hydrogen-bond acceptors (Lipinski definition) is 7. The number of furan rings is 1. The second-order valence-corrected chi connectivity index (χ2v) is 5.80. The van der Waals surface area contributed by atoms with Gasteiger partial charge in [0.2, 0.25) is 5.76 Å². The Morgan fingerprint density at radius 1 is 1.29 bits per heavy atom. The van der Waals surface area contributed by atoms with Crippen LogP contribution in [0.1, 0.15) is 28.8 Å². The molecule has 3 rings (SSSR count). The van der Waals surface area contributed by atoms with Gasteiger partial charge in [-0.25, -0.2) is 9.59 Å². The van der Waals surface area contributed by atoms with Crippen LogP contribution in [-0.4, -0.2) is 41.6 Å². The van der Waals surface area contributed by atoms with E-state index in [-0.39, 0.29) is 35.3 Å². The summed E-state index contributed by atoms with van der Waals surface area (Å²) in [6, 6.07) is 6.86. The van der Waals surface area contributed by atoms with Crippen molar-refractivity contribution in [1.29, 1.82) is 0 Å². The Labute approximate surface area is 160 Å². The smallest absolute Gasteiger partial charge is 0.373 e. The van der Waals surface area contributed by atoms with Gasteiger partial charge in [-0.05, 0) is 42.8 Å². The molecule has 1 fully saturated rings. The molecule has 1 aliphatic rings. The van der Waals surface area contributed by atoms with Crippen LogP contribution in [0.3, 0.4) is 0 Å². The summed E-state index contributed by atoms with van der Waals surface area (Å²) in [5, 5.41) is 12.2. The maximum atomic E-state index is 12.6. The fourth-order valence-electron chi connectivity index (χ4n) is 2.60. The number of phenolic OH excluding ortho intramolecular Hbond substituents is 1. The summed E-state index contributed by atoms with van der Waals surface area (Å²) in [7, 11) is 1.22. The van der Waals surface area contributed by atoms with Gasteiger partial charge in [0.05, 0.1) is 20.3 Å². The molecule has 1 aromatic heterocycles. The molecule has 0 bridgehead atoms. The Bertz CT molecular complexity index is 961. The first-order chi connectivity index (χ1) is 13.4. The van der Waals surface area contributed by atoms with Gasteiger partial charge in [-0.15, -0.1) is 0 Å². The van der Waals surface area contributed by atoms with Crippen LogP contribution in [0.4, 0.5) is 4.79 Å². The van der Waals surface area contributed by atoms with Gasteiger partial charge in [-0.3, -0.25) is 9.69 Å². The fourth-order valence-corrected chi connectivity index (χ4v) is 2.60. The standard InChI is InChI=1S/C19H18N2O7/c1-3-27-16-9-11(4-6-14(16)22)8-13-17(23)21(19(25)20-13)10-12-5-7-15(28-12)18(24)26-2/h4-9,22H,3,10H2,1-2H3,(H,20,25)/b13-8-. The lowest BCUT2D eigenvalue weighted by molar-refractivity contribution is -0.123. The highest BCUT2D eigenvalue weighted by Crippen LogP contribution is 2.28. The second-order valence-electron chi connectivity index (χ2n) is 5.80. The lowest BCUT2D eigenvalue weighted by atomic mass is 10.1. The molecule has 9 nitrogen and oxygen atoms in total. The Hall–Kier alpha value is -3.75. The van der Waals surface area contributed by atoms with Crippen LogP contribution >= 0.6 is 0 Å². The van der Waals surface area contributed by atoms with Crippen molar-refractivity contribution in [2.45, 2.75) is 13.5 Å². The number of imide groups is 1. The Balaban J connectivity index is 1.78. The first kappa shape index (κ1) is 19.0. The molecule has 2 heterocycles. The molecule has 1 saturated heterocycles. The number of hydrogen-bond donors (Lipinski definition) is 2. The lowest BCUT2D eigenvalue weighted by Gasteiger charge is -2.09. The largest absolute Gasteiger partial charge is 0.504 e. The van der Waals surface area contributed by atoms with Crippen molar-refractivity contribution < 1.29 is 33.4 Å². The van der Waals surface area contributed by atoms with Gasteiger partial charge < -0.3 is 24.3 Å². The number of rotatable bonds is 6. The fraction of sp³-hybridized carbons (Fsp3) is 0.211. The molecule has 0 atom stereocenters. The Morgan fingerprint density at radius 3 is 2.79 bits per heavy atom. The molecular weight excluding hydrogens is 368 g/mol. The Kier molecular flexibility index (Phi) is 5.35. The number of carbonyl (C=O) groups is 3. The molecule has 146 valence electrons. The molecule has 2 aromatic rings. The maximum absolute atomic E-state index is 12.6. The molecule has 0 saturated carbocycles. The van der Waals surface area contributed by atoms with Crippen LogP contribution in [0.15, 0.2) is 40.4 Å². The number of esters is 1. The number of phenols is 1. The molecule has 0 unspecified atom stereocenters. The number of aromatic hydroxyl groups is 1. The van der Waals surface area contributed by atoms with E-state index in [2.05, 4.69) is 10.1 Å². The van der Waals surface area contributed by atoms with Gasteiger partial charge in [-0.1, -0.05) is 6.07 Å². The van der Waals surface area contributed by atoms with Crippen LogP contribution in [-0.2, 0) is 16.1 Å². The SMILES string of the molecule is CCOc1cc(/C=C2\NC(=O)N(Cc3ccc(C(=O)OC)o3)C2=O)ccc1O. The van der Waals surface area contributed by atoms with Crippen molar-refractivity contribution >= 4 is 24.0 Å². The van der Waals surface area contributed by atoms with Crippen molar-refractivity contribution in [3.05, 3.63) is 53.1 Å². The maximum Gasteiger partial charge on any atom is 0.373 e. The summed E-state index contributed by atoms with van der Waals surface area (Å²) in [5.41, 5.74) is 0.635. The minimum atomic E-state index is -0.651. The molecule has 3 amide bonds. The molecule has 1 aliphatic heterocycles. The minimum Gasteiger partial charge on any atom is -0.504 e. The molecule has 1 aromatic carbocycles. The average molecular weight is 386 g/mol. The Morgan fingerprint density at radius 2 is 2.07 bits per heavy atom. The number of ether oxygens (including phenoxy) is 2. The third-order valence-electron chi connectivity index (χ3n) is 3.92. The first-order valence-corrected chi connectivity index (χ1v) is 8.40. The number of amides is 3. The summed E-state index contributed by atoms with van der Waals surface area (Å²) < 4.78 is 15.2. The minimum absolute atomic E-state index is 0.0205. The van der Waals surface area contributed by atoms with E-state index in [1.165, 1.54) is 31.4 Å². The van der Waals surface area contributed by atoms with E-state index in [0.29, 0.717) is 12.2 Å². The zero-order valence-electron chi connectivity index (χ0n) is 15.2. The molecule has 0 spiro atoms. The highest BCUT2D eigenvalue weighted by molar-refractivity contribution is 6.13. The van der Waals surface area contributed by atoms with Gasteiger partial charge in [0.15, 0.2) is 11.5 Å². The van der Waals surface area contributed by atoms with Gasteiger partial charge in [0.1, 0.15) is 11.5 Å². The highest BCUT2D eigenvalue weighted by atomic mass is 16.5. The number of nitrogens with one attached hydrogen (secondary N) is 1. The summed E-state index contributed by atoms with van der Waals surface area (Å²) in [6.45, 7) is 2.01. The molecule has 0 radical (unpaired) electrons. The number of nitrogens with zero attached hydrogens (tertiary/aromatic N) is 1. The van der Waals surface area contributed by atoms with Crippen molar-refractivity contribution in [3.63, 3.8) is 0 Å². The average Bonchev–Trinajstić information content (AvgIpc) is 3.25. The zero-order chi connectivity index (χ0) is 20.3. The van der Waals surface area contributed by atoms with Gasteiger partial charge >= 0.3 is 12.0 Å². The lowest BCUT2D eigenvalue weighted by Crippen LogP contribution is -2.30. The number of carbonyl (C=O) groups excluding carboxylic acids is 3. The van der Waals surface area contributed by atoms with Crippen molar-refractivity contribution in [2.75, 3.05) is 13.7 Å². The van der Waals surface area contributed by atoms with E-state index in [4.69, 9.17) is 9.15 Å². The van der Waals surface area contributed by atoms with Crippen LogP contribution in [0.2, 0.25) is 0 Å². The topological polar surface area (TPSA) is 118 Å². The third-order valence-corrected chi connectivity index (χ3v) is 3.92. The van der Waals surface area contributed by atoms with Crippen molar-refractivity contribution in [1.82, 2.24) is 10.2 Å². The molecule has 28 heavy (non-hydrogen) atoms. The normalized spacial score (nSPS) is 15.1. The monoisotopic (exact) mass is 386 g/mol. The van der Waals surface area contributed by atoms with E-state index in [0.717, 1.165) is 4.90 Å². The van der Waals surface area contributed by atoms with E-state index in [1.807, 2.05) is 0 Å². The summed E-state index contributed by atoms with van der Waals surface area (Å²) >= 11 is 0. The van der Waals surface area contributed by atoms with Crippen molar-refractivity contribution in [3.8, 4) is 11.5 Å². The van der Waals surface area contributed by atoms with Crippen LogP contribution in [0.5, 0.6) is 11.5 Å². The van der Waals surface area contributed by atoms with Crippen LogP contribution in [0, 0.1) is 0 Å². The van der Waals surface area contributed by atoms with Crippen molar-refractivity contribution in [2.24, 2.45) is 0 Å². The molecule has 9 heteroatoms. The van der Waals surface area contributed by atoms with Gasteiger partial charge in [0.25, 0.3) is 5.91 Å². The number of methoxy groups -OCH3 is 1. The summed E-state index contributed by atoms with van der Waals surface area (Å²) in [5.74, 6) is -0.710. The second kappa shape index (κ2) is 7.87. The molecule has 2 N–H and O–H groups in total. The summed E-state index contributed by atoms with van der Waals surface area (Å²) in [6.07, 6.45) is 1.48. The van der Waals surface area contributed by atoms with E-state index >= 15 is 0 Å². The van der Waals surface area contributed by atoms with Gasteiger partial charge in [0, 0.05) is 0 Å². The first-order valence-electron chi connectivity index (χ1n) is 8.40. The zero-order valence-corrected chi connectivity index (χ0v) is 15.2. The number of benzene rings is 1. The predicted molar refractivity (Wildman–Crippen MR) is 96.4 cm³/mol. The van der Waals surface area contributed by atoms with Gasteiger partial charge in [-0.2, -0.15) is 0 Å². The van der Waals surface area contributed by atoms with E-state index in [9.17, 15) is 19.5 Å². The van der Waals surface area contributed by atoms with Crippen LogP contribution < -0.4 is 10.1 Å². The van der Waals surface area contributed by atoms with Crippen LogP contribution in [0.25, 0.3) is 6.08 Å². The van der Waals surface area contributed by atoms with E-state index < -0.39 is 17.9 Å². The molecular formula is C19H18N2O7. The quantitative estimate of drug-likeness (QED) is 0.444. The predicted octanol–water partition coefficient (Wildman–Crippen LogP) is 2.26. The number of urea groups is 1. The molecule has 0 aliphatic carbocycles. The summed E-state index contributed by atoms with van der Waals surface area (Å²) in [4.78, 5) is 37.1. The van der Waals surface area contributed by atoms with E-state index in [1.54, 1.807) is 19.1 Å². The highest BCUT2D eigenvalue weighted by Gasteiger charge is 2.34. The third kappa shape index (κ3) is 3.83.